The fourth-order valence-corrected chi connectivity index (χ4v) is 3.06. The van der Waals surface area contributed by atoms with Gasteiger partial charge in [0, 0.05) is 25.8 Å². The molecule has 0 saturated heterocycles. The monoisotopic (exact) mass is 265 g/mol. The molecule has 0 amide bonds. The highest BCUT2D eigenvalue weighted by atomic mass is 16.3. The highest BCUT2D eigenvalue weighted by molar-refractivity contribution is 5.05. The van der Waals surface area contributed by atoms with Crippen molar-refractivity contribution in [1.29, 1.82) is 0 Å². The van der Waals surface area contributed by atoms with Gasteiger partial charge in [0.25, 0.3) is 0 Å². The maximum Gasteiger partial charge on any atom is 0.0772 e. The molecule has 0 radical (unpaired) electrons. The molecule has 19 heavy (non-hydrogen) atoms. The lowest BCUT2D eigenvalue weighted by molar-refractivity contribution is -0.0105. The van der Waals surface area contributed by atoms with Gasteiger partial charge in [-0.2, -0.15) is 5.10 Å². The van der Waals surface area contributed by atoms with Gasteiger partial charge in [0.2, 0.25) is 0 Å². The molecule has 4 nitrogen and oxygen atoms in total. The Bertz CT molecular complexity index is 394. The molecule has 1 heterocycles. The molecule has 1 unspecified atom stereocenters. The maximum atomic E-state index is 10.6. The normalized spacial score (nSPS) is 29.4. The van der Waals surface area contributed by atoms with Crippen molar-refractivity contribution in [1.82, 2.24) is 15.1 Å². The lowest BCUT2D eigenvalue weighted by atomic mass is 9.78. The maximum absolute atomic E-state index is 10.6. The standard InChI is InChI=1S/C15H27N3O/c1-4-13-5-8-15(19,9-6-13)11-16-12(2)14-7-10-17-18(14)3/h7,10,12-13,16,19H,4-6,8-9,11H2,1-3H3. The lowest BCUT2D eigenvalue weighted by Gasteiger charge is -2.36. The van der Waals surface area contributed by atoms with E-state index in [1.54, 1.807) is 0 Å². The van der Waals surface area contributed by atoms with Crippen molar-refractivity contribution in [2.45, 2.75) is 57.6 Å². The van der Waals surface area contributed by atoms with Crippen LogP contribution in [0.1, 0.15) is 57.7 Å². The third-order valence-corrected chi connectivity index (χ3v) is 4.65. The first kappa shape index (κ1) is 14.5. The van der Waals surface area contributed by atoms with Gasteiger partial charge in [0.1, 0.15) is 0 Å². The SMILES string of the molecule is CCC1CCC(O)(CNC(C)c2ccnn2C)CC1. The van der Waals surface area contributed by atoms with E-state index in [-0.39, 0.29) is 6.04 Å². The molecule has 108 valence electrons. The number of nitrogens with one attached hydrogen (secondary N) is 1. The van der Waals surface area contributed by atoms with Crippen molar-refractivity contribution in [2.24, 2.45) is 13.0 Å². The van der Waals surface area contributed by atoms with E-state index in [2.05, 4.69) is 24.3 Å². The Morgan fingerprint density at radius 3 is 2.74 bits per heavy atom. The molecule has 2 N–H and O–H groups in total. The van der Waals surface area contributed by atoms with Crippen molar-refractivity contribution in [3.05, 3.63) is 18.0 Å². The molecule has 1 aliphatic carbocycles. The van der Waals surface area contributed by atoms with Crippen LogP contribution >= 0.6 is 0 Å². The van der Waals surface area contributed by atoms with Crippen molar-refractivity contribution in [3.8, 4) is 0 Å². The van der Waals surface area contributed by atoms with Crippen LogP contribution in [0.25, 0.3) is 0 Å². The Morgan fingerprint density at radius 1 is 1.53 bits per heavy atom. The number of rotatable bonds is 5. The lowest BCUT2D eigenvalue weighted by Crippen LogP contribution is -2.44. The van der Waals surface area contributed by atoms with E-state index in [9.17, 15) is 5.11 Å². The van der Waals surface area contributed by atoms with Gasteiger partial charge >= 0.3 is 0 Å². The minimum atomic E-state index is -0.515. The van der Waals surface area contributed by atoms with Crippen LogP contribution in [0.2, 0.25) is 0 Å². The molecule has 1 saturated carbocycles. The predicted molar refractivity (Wildman–Crippen MR) is 76.8 cm³/mol. The van der Waals surface area contributed by atoms with Crippen LogP contribution in [0.3, 0.4) is 0 Å². The first-order chi connectivity index (χ1) is 9.04. The van der Waals surface area contributed by atoms with Gasteiger partial charge < -0.3 is 10.4 Å². The van der Waals surface area contributed by atoms with Crippen LogP contribution in [0.4, 0.5) is 0 Å². The van der Waals surface area contributed by atoms with Crippen LogP contribution in [-0.2, 0) is 7.05 Å². The Labute approximate surface area is 116 Å². The van der Waals surface area contributed by atoms with Gasteiger partial charge in [-0.15, -0.1) is 0 Å². The minimum Gasteiger partial charge on any atom is -0.389 e. The number of nitrogens with zero attached hydrogens (tertiary/aromatic N) is 2. The fourth-order valence-electron chi connectivity index (χ4n) is 3.06. The first-order valence-corrected chi connectivity index (χ1v) is 7.48. The summed E-state index contributed by atoms with van der Waals surface area (Å²) in [6.45, 7) is 5.05. The first-order valence-electron chi connectivity index (χ1n) is 7.48. The average Bonchev–Trinajstić information content (AvgIpc) is 2.83. The van der Waals surface area contributed by atoms with Crippen molar-refractivity contribution in [3.63, 3.8) is 0 Å². The smallest absolute Gasteiger partial charge is 0.0772 e. The topological polar surface area (TPSA) is 50.1 Å². The molecule has 0 bridgehead atoms. The summed E-state index contributed by atoms with van der Waals surface area (Å²) in [6, 6.07) is 2.25. The van der Waals surface area contributed by atoms with E-state index < -0.39 is 5.60 Å². The number of aliphatic hydroxyl groups is 1. The Kier molecular flexibility index (Phi) is 4.63. The number of hydrogen-bond donors (Lipinski definition) is 2. The van der Waals surface area contributed by atoms with Gasteiger partial charge in [-0.3, -0.25) is 4.68 Å². The van der Waals surface area contributed by atoms with E-state index in [1.807, 2.05) is 24.0 Å². The zero-order valence-electron chi connectivity index (χ0n) is 12.4. The van der Waals surface area contributed by atoms with Crippen molar-refractivity contribution in [2.75, 3.05) is 6.54 Å². The third-order valence-electron chi connectivity index (χ3n) is 4.65. The molecule has 0 aromatic carbocycles. The summed E-state index contributed by atoms with van der Waals surface area (Å²) in [6.07, 6.45) is 7.24. The van der Waals surface area contributed by atoms with Gasteiger partial charge in [-0.05, 0) is 44.6 Å². The highest BCUT2D eigenvalue weighted by Crippen LogP contribution is 2.33. The van der Waals surface area contributed by atoms with Crippen LogP contribution in [0.15, 0.2) is 12.3 Å². The summed E-state index contributed by atoms with van der Waals surface area (Å²) in [5.41, 5.74) is 0.643. The summed E-state index contributed by atoms with van der Waals surface area (Å²) in [5, 5.41) is 18.3. The van der Waals surface area contributed by atoms with E-state index >= 15 is 0 Å². The second-order valence-electron chi connectivity index (χ2n) is 6.06. The molecule has 4 heteroatoms. The van der Waals surface area contributed by atoms with Crippen LogP contribution in [0.5, 0.6) is 0 Å². The number of aryl methyl sites for hydroxylation is 1. The molecule has 1 fully saturated rings. The van der Waals surface area contributed by atoms with Gasteiger partial charge in [0.15, 0.2) is 0 Å². The van der Waals surface area contributed by atoms with Gasteiger partial charge in [-0.1, -0.05) is 13.3 Å². The van der Waals surface area contributed by atoms with Crippen LogP contribution in [-0.4, -0.2) is 27.0 Å². The molecule has 1 aliphatic rings. The fraction of sp³-hybridized carbons (Fsp3) is 0.800. The van der Waals surface area contributed by atoms with Crippen molar-refractivity contribution < 1.29 is 5.11 Å². The average molecular weight is 265 g/mol. The van der Waals surface area contributed by atoms with E-state index in [1.165, 1.54) is 6.42 Å². The third kappa shape index (κ3) is 3.57. The van der Waals surface area contributed by atoms with Crippen LogP contribution < -0.4 is 5.32 Å². The van der Waals surface area contributed by atoms with E-state index in [0.717, 1.165) is 37.3 Å². The molecule has 1 atom stereocenters. The Hall–Kier alpha value is -0.870. The summed E-state index contributed by atoms with van der Waals surface area (Å²) in [7, 11) is 1.95. The summed E-state index contributed by atoms with van der Waals surface area (Å²) in [4.78, 5) is 0. The summed E-state index contributed by atoms with van der Waals surface area (Å²) in [5.74, 6) is 0.815. The molecule has 1 aromatic heterocycles. The van der Waals surface area contributed by atoms with Gasteiger partial charge in [0.05, 0.1) is 11.3 Å². The Morgan fingerprint density at radius 2 is 2.21 bits per heavy atom. The largest absolute Gasteiger partial charge is 0.389 e. The molecular formula is C15H27N3O. The second kappa shape index (κ2) is 6.06. The van der Waals surface area contributed by atoms with Crippen molar-refractivity contribution >= 4 is 0 Å². The molecule has 0 aliphatic heterocycles. The second-order valence-corrected chi connectivity index (χ2v) is 6.06. The number of aromatic nitrogens is 2. The zero-order valence-corrected chi connectivity index (χ0v) is 12.4. The molecule has 1 aromatic rings. The molecule has 0 spiro atoms. The summed E-state index contributed by atoms with van der Waals surface area (Å²) >= 11 is 0. The molecule has 2 rings (SSSR count). The minimum absolute atomic E-state index is 0.223. The predicted octanol–water partition coefficient (Wildman–Crippen LogP) is 2.40. The van der Waals surface area contributed by atoms with E-state index in [0.29, 0.717) is 6.54 Å². The van der Waals surface area contributed by atoms with Crippen LogP contribution in [0, 0.1) is 5.92 Å². The van der Waals surface area contributed by atoms with E-state index in [4.69, 9.17) is 0 Å². The number of hydrogen-bond acceptors (Lipinski definition) is 3. The van der Waals surface area contributed by atoms with Gasteiger partial charge in [-0.25, -0.2) is 0 Å². The quantitative estimate of drug-likeness (QED) is 0.859. The summed E-state index contributed by atoms with van der Waals surface area (Å²) < 4.78 is 1.88. The Balaban J connectivity index is 1.83. The zero-order chi connectivity index (χ0) is 13.9. The highest BCUT2D eigenvalue weighted by Gasteiger charge is 2.32. The molecular weight excluding hydrogens is 238 g/mol.